The molecule has 1 saturated heterocycles. The predicted molar refractivity (Wildman–Crippen MR) is 81.6 cm³/mol. The molecule has 1 aromatic rings. The molecule has 0 atom stereocenters. The molecule has 2 rings (SSSR count). The zero-order valence-electron chi connectivity index (χ0n) is 12.7. The third-order valence-corrected chi connectivity index (χ3v) is 4.04. The van der Waals surface area contributed by atoms with E-state index in [4.69, 9.17) is 0 Å². The van der Waals surface area contributed by atoms with Crippen LogP contribution >= 0.6 is 0 Å². The summed E-state index contributed by atoms with van der Waals surface area (Å²) in [7, 11) is 2.20. The van der Waals surface area contributed by atoms with Crippen LogP contribution in [-0.2, 0) is 5.41 Å². The molecule has 0 bridgehead atoms. The molecule has 2 heterocycles. The van der Waals surface area contributed by atoms with Crippen molar-refractivity contribution in [1.29, 1.82) is 0 Å². The number of hydrogen-bond donors (Lipinski definition) is 1. The van der Waals surface area contributed by atoms with Crippen LogP contribution < -0.4 is 5.32 Å². The van der Waals surface area contributed by atoms with E-state index in [9.17, 15) is 0 Å². The van der Waals surface area contributed by atoms with E-state index >= 15 is 0 Å². The van der Waals surface area contributed by atoms with E-state index < -0.39 is 0 Å². The third-order valence-electron chi connectivity index (χ3n) is 4.04. The molecule has 106 valence electrons. The molecule has 3 heteroatoms. The van der Waals surface area contributed by atoms with Gasteiger partial charge in [-0.15, -0.1) is 0 Å². The zero-order valence-corrected chi connectivity index (χ0v) is 12.7. The maximum Gasteiger partial charge on any atom is 0.125 e. The Balaban J connectivity index is 1.83. The zero-order chi connectivity index (χ0) is 13.9. The molecule has 0 radical (unpaired) electrons. The lowest BCUT2D eigenvalue weighted by molar-refractivity contribution is 0.226. The summed E-state index contributed by atoms with van der Waals surface area (Å²) in [6.07, 6.45) is 4.59. The molecule has 0 amide bonds. The molecular formula is C16H27N3. The number of aromatic nitrogens is 1. The molecule has 0 unspecified atom stereocenters. The van der Waals surface area contributed by atoms with Crippen LogP contribution in [0.25, 0.3) is 0 Å². The van der Waals surface area contributed by atoms with Crippen LogP contribution in [0.3, 0.4) is 0 Å². The van der Waals surface area contributed by atoms with Gasteiger partial charge in [0.15, 0.2) is 0 Å². The molecule has 0 spiro atoms. The minimum Gasteiger partial charge on any atom is -0.370 e. The van der Waals surface area contributed by atoms with Gasteiger partial charge in [0.1, 0.15) is 5.82 Å². The highest BCUT2D eigenvalue weighted by Crippen LogP contribution is 2.22. The average Bonchev–Trinajstić information content (AvgIpc) is 2.37. The Kier molecular flexibility index (Phi) is 4.46. The van der Waals surface area contributed by atoms with Crippen LogP contribution in [0, 0.1) is 5.92 Å². The summed E-state index contributed by atoms with van der Waals surface area (Å²) in [4.78, 5) is 6.93. The van der Waals surface area contributed by atoms with Crippen molar-refractivity contribution in [2.45, 2.75) is 39.0 Å². The standard InChI is InChI=1S/C16H27N3/c1-16(2,3)14-5-6-15(18-12-14)17-11-13-7-9-19(4)10-8-13/h5-6,12-13H,7-11H2,1-4H3,(H,17,18). The van der Waals surface area contributed by atoms with Gasteiger partial charge >= 0.3 is 0 Å². The van der Waals surface area contributed by atoms with Crippen LogP contribution in [0.4, 0.5) is 5.82 Å². The molecule has 3 nitrogen and oxygen atoms in total. The third kappa shape index (κ3) is 4.20. The van der Waals surface area contributed by atoms with Crippen molar-refractivity contribution in [2.24, 2.45) is 5.92 Å². The first-order valence-electron chi connectivity index (χ1n) is 7.34. The Labute approximate surface area is 117 Å². The summed E-state index contributed by atoms with van der Waals surface area (Å²) in [5.41, 5.74) is 1.47. The average molecular weight is 261 g/mol. The number of pyridine rings is 1. The summed E-state index contributed by atoms with van der Waals surface area (Å²) in [5, 5.41) is 3.48. The van der Waals surface area contributed by atoms with E-state index in [1.54, 1.807) is 0 Å². The number of piperidine rings is 1. The van der Waals surface area contributed by atoms with E-state index in [0.29, 0.717) is 0 Å². The highest BCUT2D eigenvalue weighted by atomic mass is 15.1. The summed E-state index contributed by atoms with van der Waals surface area (Å²) in [6, 6.07) is 4.29. The first-order valence-corrected chi connectivity index (χ1v) is 7.34. The summed E-state index contributed by atoms with van der Waals surface area (Å²) >= 11 is 0. The van der Waals surface area contributed by atoms with Crippen molar-refractivity contribution in [2.75, 3.05) is 32.0 Å². The molecule has 0 saturated carbocycles. The first kappa shape index (κ1) is 14.3. The lowest BCUT2D eigenvalue weighted by Crippen LogP contribution is -2.33. The maximum absolute atomic E-state index is 4.52. The second-order valence-corrected chi connectivity index (χ2v) is 6.81. The largest absolute Gasteiger partial charge is 0.370 e. The lowest BCUT2D eigenvalue weighted by Gasteiger charge is -2.29. The van der Waals surface area contributed by atoms with E-state index in [1.165, 1.54) is 31.5 Å². The second kappa shape index (κ2) is 5.91. The highest BCUT2D eigenvalue weighted by Gasteiger charge is 2.17. The summed E-state index contributed by atoms with van der Waals surface area (Å²) in [6.45, 7) is 10.2. The maximum atomic E-state index is 4.52. The van der Waals surface area contributed by atoms with Crippen LogP contribution in [0.1, 0.15) is 39.2 Å². The summed E-state index contributed by atoms with van der Waals surface area (Å²) < 4.78 is 0. The van der Waals surface area contributed by atoms with Gasteiger partial charge in [0.05, 0.1) is 0 Å². The monoisotopic (exact) mass is 261 g/mol. The highest BCUT2D eigenvalue weighted by molar-refractivity contribution is 5.37. The smallest absolute Gasteiger partial charge is 0.125 e. The van der Waals surface area contributed by atoms with Crippen molar-refractivity contribution in [3.63, 3.8) is 0 Å². The Morgan fingerprint density at radius 3 is 2.47 bits per heavy atom. The van der Waals surface area contributed by atoms with E-state index in [2.05, 4.69) is 55.2 Å². The van der Waals surface area contributed by atoms with Gasteiger partial charge in [-0.2, -0.15) is 0 Å². The van der Waals surface area contributed by atoms with Gasteiger partial charge < -0.3 is 10.2 Å². The van der Waals surface area contributed by atoms with Crippen molar-refractivity contribution in [1.82, 2.24) is 9.88 Å². The number of rotatable bonds is 3. The minimum absolute atomic E-state index is 0.180. The van der Waals surface area contributed by atoms with Crippen molar-refractivity contribution in [3.05, 3.63) is 23.9 Å². The molecule has 1 fully saturated rings. The number of nitrogens with one attached hydrogen (secondary N) is 1. The molecule has 1 N–H and O–H groups in total. The van der Waals surface area contributed by atoms with Gasteiger partial charge in [-0.05, 0) is 55.9 Å². The fourth-order valence-electron chi connectivity index (χ4n) is 2.46. The number of anilines is 1. The van der Waals surface area contributed by atoms with Crippen molar-refractivity contribution in [3.8, 4) is 0 Å². The van der Waals surface area contributed by atoms with Gasteiger partial charge in [0.2, 0.25) is 0 Å². The number of likely N-dealkylation sites (tertiary alicyclic amines) is 1. The van der Waals surface area contributed by atoms with Crippen LogP contribution in [0.5, 0.6) is 0 Å². The Bertz CT molecular complexity index is 383. The SMILES string of the molecule is CN1CCC(CNc2ccc(C(C)(C)C)cn2)CC1. The fraction of sp³-hybridized carbons (Fsp3) is 0.688. The van der Waals surface area contributed by atoms with Crippen LogP contribution in [-0.4, -0.2) is 36.6 Å². The predicted octanol–water partition coefficient (Wildman–Crippen LogP) is 3.13. The van der Waals surface area contributed by atoms with Crippen LogP contribution in [0.2, 0.25) is 0 Å². The summed E-state index contributed by atoms with van der Waals surface area (Å²) in [5.74, 6) is 1.80. The molecular weight excluding hydrogens is 234 g/mol. The van der Waals surface area contributed by atoms with Gasteiger partial charge in [-0.25, -0.2) is 4.98 Å². The Morgan fingerprint density at radius 1 is 1.26 bits per heavy atom. The molecule has 1 aliphatic rings. The molecule has 0 aliphatic carbocycles. The second-order valence-electron chi connectivity index (χ2n) is 6.81. The fourth-order valence-corrected chi connectivity index (χ4v) is 2.46. The van der Waals surface area contributed by atoms with Crippen molar-refractivity contribution < 1.29 is 0 Å². The first-order chi connectivity index (χ1) is 8.95. The van der Waals surface area contributed by atoms with Crippen molar-refractivity contribution >= 4 is 5.82 Å². The van der Waals surface area contributed by atoms with Gasteiger partial charge in [-0.3, -0.25) is 0 Å². The van der Waals surface area contributed by atoms with Crippen LogP contribution in [0.15, 0.2) is 18.3 Å². The normalized spacial score (nSPS) is 18.5. The topological polar surface area (TPSA) is 28.2 Å². The molecule has 0 aromatic carbocycles. The molecule has 1 aromatic heterocycles. The molecule has 1 aliphatic heterocycles. The van der Waals surface area contributed by atoms with Gasteiger partial charge in [-0.1, -0.05) is 26.8 Å². The van der Waals surface area contributed by atoms with Gasteiger partial charge in [0.25, 0.3) is 0 Å². The Morgan fingerprint density at radius 2 is 1.95 bits per heavy atom. The number of hydrogen-bond acceptors (Lipinski definition) is 3. The van der Waals surface area contributed by atoms with Gasteiger partial charge in [0, 0.05) is 12.7 Å². The lowest BCUT2D eigenvalue weighted by atomic mass is 9.88. The quantitative estimate of drug-likeness (QED) is 0.906. The number of nitrogens with zero attached hydrogens (tertiary/aromatic N) is 2. The van der Waals surface area contributed by atoms with E-state index in [0.717, 1.165) is 18.3 Å². The van der Waals surface area contributed by atoms with E-state index in [1.807, 2.05) is 6.20 Å². The molecule has 19 heavy (non-hydrogen) atoms. The minimum atomic E-state index is 0.180. The Hall–Kier alpha value is -1.09. The van der Waals surface area contributed by atoms with E-state index in [-0.39, 0.29) is 5.41 Å².